The van der Waals surface area contributed by atoms with Gasteiger partial charge in [-0.15, -0.1) is 5.10 Å². The fourth-order valence-corrected chi connectivity index (χ4v) is 1.61. The van der Waals surface area contributed by atoms with E-state index >= 15 is 0 Å². The Morgan fingerprint density at radius 2 is 2.23 bits per heavy atom. The maximum atomic E-state index is 5.98. The van der Waals surface area contributed by atoms with Crippen LogP contribution in [0, 0.1) is 5.41 Å². The number of nitrogens with zero attached hydrogens (tertiary/aromatic N) is 2. The first kappa shape index (κ1) is 10.6. The molecular weight excluding hydrogens is 182 g/mol. The molecule has 0 spiro atoms. The zero-order valence-corrected chi connectivity index (χ0v) is 9.27. The van der Waals surface area contributed by atoms with E-state index in [9.17, 15) is 0 Å². The second kappa shape index (κ2) is 4.15. The molecule has 1 heterocycles. The molecule has 1 aromatic rings. The molecule has 4 heteroatoms. The number of hydrogen-bond acceptors (Lipinski definition) is 4. The Balaban J connectivity index is 2.39. The Morgan fingerprint density at radius 3 is 2.69 bits per heavy atom. The summed E-state index contributed by atoms with van der Waals surface area (Å²) in [6, 6.07) is 0.110. The Morgan fingerprint density at radius 1 is 1.54 bits per heavy atom. The van der Waals surface area contributed by atoms with Crippen molar-refractivity contribution in [2.45, 2.75) is 39.7 Å². The highest BCUT2D eigenvalue weighted by Gasteiger charge is 2.14. The molecule has 3 nitrogen and oxygen atoms in total. The van der Waals surface area contributed by atoms with Gasteiger partial charge >= 0.3 is 0 Å². The third kappa shape index (κ3) is 3.83. The first-order valence-electron chi connectivity index (χ1n) is 4.52. The summed E-state index contributed by atoms with van der Waals surface area (Å²) in [4.78, 5) is 1.09. The van der Waals surface area contributed by atoms with Crippen LogP contribution in [0.4, 0.5) is 0 Å². The molecule has 74 valence electrons. The van der Waals surface area contributed by atoms with Crippen LogP contribution in [0.5, 0.6) is 0 Å². The molecule has 1 rings (SSSR count). The van der Waals surface area contributed by atoms with E-state index in [1.165, 1.54) is 11.5 Å². The molecule has 0 aromatic carbocycles. The van der Waals surface area contributed by atoms with Crippen LogP contribution >= 0.6 is 11.5 Å². The predicted octanol–water partition coefficient (Wildman–Crippen LogP) is 2.36. The van der Waals surface area contributed by atoms with E-state index in [0.29, 0.717) is 5.41 Å². The highest BCUT2D eigenvalue weighted by molar-refractivity contribution is 7.05. The van der Waals surface area contributed by atoms with Gasteiger partial charge < -0.3 is 5.73 Å². The standard InChI is InChI=1S/C9H17N3S/c1-9(2,3)5-4-7(10)8-6-11-12-13-8/h6-7H,4-5,10H2,1-3H3. The second-order valence-electron chi connectivity index (χ2n) is 4.53. The molecular formula is C9H17N3S. The molecule has 1 atom stereocenters. The van der Waals surface area contributed by atoms with Gasteiger partial charge in [-0.3, -0.25) is 0 Å². The first-order chi connectivity index (χ1) is 5.99. The lowest BCUT2D eigenvalue weighted by atomic mass is 9.89. The van der Waals surface area contributed by atoms with Crippen LogP contribution < -0.4 is 5.73 Å². The van der Waals surface area contributed by atoms with Crippen LogP contribution in [0.25, 0.3) is 0 Å². The van der Waals surface area contributed by atoms with Crippen molar-refractivity contribution >= 4 is 11.5 Å². The van der Waals surface area contributed by atoms with Gasteiger partial charge in [0.25, 0.3) is 0 Å². The highest BCUT2D eigenvalue weighted by atomic mass is 32.1. The Bertz CT molecular complexity index is 238. The second-order valence-corrected chi connectivity index (χ2v) is 5.34. The minimum Gasteiger partial charge on any atom is -0.323 e. The lowest BCUT2D eigenvalue weighted by Crippen LogP contribution is -2.13. The van der Waals surface area contributed by atoms with Crippen molar-refractivity contribution in [1.82, 2.24) is 9.59 Å². The quantitative estimate of drug-likeness (QED) is 0.813. The number of aromatic nitrogens is 2. The Labute approximate surface area is 83.5 Å². The van der Waals surface area contributed by atoms with Crippen molar-refractivity contribution in [2.24, 2.45) is 11.1 Å². The molecule has 0 amide bonds. The van der Waals surface area contributed by atoms with Crippen LogP contribution in [0.3, 0.4) is 0 Å². The summed E-state index contributed by atoms with van der Waals surface area (Å²) < 4.78 is 3.80. The van der Waals surface area contributed by atoms with Crippen LogP contribution in [-0.4, -0.2) is 9.59 Å². The van der Waals surface area contributed by atoms with Gasteiger partial charge in [-0.1, -0.05) is 25.3 Å². The van der Waals surface area contributed by atoms with Gasteiger partial charge in [0.2, 0.25) is 0 Å². The summed E-state index contributed by atoms with van der Waals surface area (Å²) in [7, 11) is 0. The summed E-state index contributed by atoms with van der Waals surface area (Å²) in [6.07, 6.45) is 3.90. The van der Waals surface area contributed by atoms with Gasteiger partial charge in [-0.25, -0.2) is 0 Å². The third-order valence-electron chi connectivity index (χ3n) is 1.95. The van der Waals surface area contributed by atoms with Crippen molar-refractivity contribution in [2.75, 3.05) is 0 Å². The third-order valence-corrected chi connectivity index (χ3v) is 2.74. The smallest absolute Gasteiger partial charge is 0.0669 e. The van der Waals surface area contributed by atoms with E-state index in [-0.39, 0.29) is 6.04 Å². The van der Waals surface area contributed by atoms with Crippen molar-refractivity contribution in [3.63, 3.8) is 0 Å². The maximum Gasteiger partial charge on any atom is 0.0669 e. The summed E-state index contributed by atoms with van der Waals surface area (Å²) in [6.45, 7) is 6.68. The Kier molecular flexibility index (Phi) is 3.39. The minimum atomic E-state index is 0.110. The average molecular weight is 199 g/mol. The summed E-state index contributed by atoms with van der Waals surface area (Å²) in [5, 5.41) is 3.78. The molecule has 13 heavy (non-hydrogen) atoms. The molecule has 0 radical (unpaired) electrons. The monoisotopic (exact) mass is 199 g/mol. The number of hydrogen-bond donors (Lipinski definition) is 1. The molecule has 0 saturated carbocycles. The summed E-state index contributed by atoms with van der Waals surface area (Å²) in [5.74, 6) is 0. The van der Waals surface area contributed by atoms with Crippen molar-refractivity contribution in [1.29, 1.82) is 0 Å². The van der Waals surface area contributed by atoms with Crippen LogP contribution in [-0.2, 0) is 0 Å². The van der Waals surface area contributed by atoms with Gasteiger partial charge in [-0.05, 0) is 29.8 Å². The first-order valence-corrected chi connectivity index (χ1v) is 5.29. The largest absolute Gasteiger partial charge is 0.323 e. The van der Waals surface area contributed by atoms with Gasteiger partial charge in [-0.2, -0.15) is 0 Å². The fourth-order valence-electron chi connectivity index (χ4n) is 1.07. The van der Waals surface area contributed by atoms with E-state index in [4.69, 9.17) is 5.73 Å². The van der Waals surface area contributed by atoms with Crippen molar-refractivity contribution in [3.05, 3.63) is 11.1 Å². The van der Waals surface area contributed by atoms with Gasteiger partial charge in [0.05, 0.1) is 11.1 Å². The van der Waals surface area contributed by atoms with Crippen LogP contribution in [0.1, 0.15) is 44.5 Å². The zero-order chi connectivity index (χ0) is 9.90. The fraction of sp³-hybridized carbons (Fsp3) is 0.778. The van der Waals surface area contributed by atoms with Crippen molar-refractivity contribution < 1.29 is 0 Å². The molecule has 0 aliphatic carbocycles. The van der Waals surface area contributed by atoms with E-state index in [0.717, 1.165) is 17.7 Å². The maximum absolute atomic E-state index is 5.98. The summed E-state index contributed by atoms with van der Waals surface area (Å²) in [5.41, 5.74) is 6.33. The van der Waals surface area contributed by atoms with E-state index < -0.39 is 0 Å². The van der Waals surface area contributed by atoms with Crippen LogP contribution in [0.15, 0.2) is 6.20 Å². The highest BCUT2D eigenvalue weighted by Crippen LogP contribution is 2.26. The topological polar surface area (TPSA) is 51.8 Å². The van der Waals surface area contributed by atoms with Gasteiger partial charge in [0.1, 0.15) is 0 Å². The normalized spacial score (nSPS) is 14.5. The molecule has 0 aliphatic heterocycles. The zero-order valence-electron chi connectivity index (χ0n) is 8.45. The Hall–Kier alpha value is -0.480. The molecule has 0 bridgehead atoms. The van der Waals surface area contributed by atoms with Gasteiger partial charge in [0.15, 0.2) is 0 Å². The van der Waals surface area contributed by atoms with Gasteiger partial charge in [0, 0.05) is 6.04 Å². The summed E-state index contributed by atoms with van der Waals surface area (Å²) >= 11 is 1.40. The SMILES string of the molecule is CC(C)(C)CCC(N)c1cnns1. The molecule has 0 aliphatic rings. The lowest BCUT2D eigenvalue weighted by molar-refractivity contribution is 0.350. The minimum absolute atomic E-state index is 0.110. The molecule has 0 saturated heterocycles. The molecule has 1 unspecified atom stereocenters. The van der Waals surface area contributed by atoms with Crippen molar-refractivity contribution in [3.8, 4) is 0 Å². The lowest BCUT2D eigenvalue weighted by Gasteiger charge is -2.19. The average Bonchev–Trinajstić information content (AvgIpc) is 2.50. The van der Waals surface area contributed by atoms with E-state index in [1.54, 1.807) is 6.20 Å². The van der Waals surface area contributed by atoms with E-state index in [2.05, 4.69) is 30.4 Å². The predicted molar refractivity (Wildman–Crippen MR) is 55.5 cm³/mol. The molecule has 1 aromatic heterocycles. The number of nitrogens with two attached hydrogens (primary N) is 1. The molecule has 0 fully saturated rings. The van der Waals surface area contributed by atoms with E-state index in [1.807, 2.05) is 0 Å². The van der Waals surface area contributed by atoms with Crippen LogP contribution in [0.2, 0.25) is 0 Å². The number of rotatable bonds is 3. The molecule has 2 N–H and O–H groups in total.